The Bertz CT molecular complexity index is 858. The highest BCUT2D eigenvalue weighted by molar-refractivity contribution is 5.78. The molecule has 1 N–H and O–H groups in total. The van der Waals surface area contributed by atoms with Crippen molar-refractivity contribution in [2.45, 2.75) is 32.3 Å². The van der Waals surface area contributed by atoms with Crippen molar-refractivity contribution >= 4 is 18.2 Å². The van der Waals surface area contributed by atoms with Gasteiger partial charge in [0.05, 0.1) is 6.61 Å². The monoisotopic (exact) mass is 365 g/mol. The van der Waals surface area contributed by atoms with Gasteiger partial charge in [0, 0.05) is 13.6 Å². The maximum absolute atomic E-state index is 11.9. The number of amides is 1. The fourth-order valence-corrected chi connectivity index (χ4v) is 3.77. The van der Waals surface area contributed by atoms with Gasteiger partial charge in [0.25, 0.3) is 0 Å². The number of hydrogen-bond acceptors (Lipinski definition) is 3. The van der Waals surface area contributed by atoms with E-state index in [1.807, 2.05) is 36.4 Å². The van der Waals surface area contributed by atoms with Crippen LogP contribution in [0.25, 0.3) is 12.2 Å². The highest BCUT2D eigenvalue weighted by atomic mass is 16.5. The second-order valence-electron chi connectivity index (χ2n) is 7.04. The van der Waals surface area contributed by atoms with E-state index in [0.717, 1.165) is 27.8 Å². The van der Waals surface area contributed by atoms with E-state index in [1.165, 1.54) is 0 Å². The third kappa shape index (κ3) is 3.76. The van der Waals surface area contributed by atoms with E-state index in [-0.39, 0.29) is 6.09 Å². The summed E-state index contributed by atoms with van der Waals surface area (Å²) in [5.41, 5.74) is 3.95. The molecule has 0 aliphatic heterocycles. The number of carbonyl (C=O) groups is 1. The second-order valence-corrected chi connectivity index (χ2v) is 7.04. The number of aliphatic hydroxyl groups is 1. The molecule has 1 aliphatic carbocycles. The predicted octanol–water partition coefficient (Wildman–Crippen LogP) is 4.58. The van der Waals surface area contributed by atoms with Gasteiger partial charge in [0.15, 0.2) is 0 Å². The number of carbonyl (C=O) groups excluding carboxylic acids is 1. The Morgan fingerprint density at radius 1 is 1.11 bits per heavy atom. The molecule has 27 heavy (non-hydrogen) atoms. The lowest BCUT2D eigenvalue weighted by molar-refractivity contribution is 0.0634. The largest absolute Gasteiger partial charge is 0.450 e. The predicted molar refractivity (Wildman–Crippen MR) is 108 cm³/mol. The van der Waals surface area contributed by atoms with Crippen LogP contribution in [0.3, 0.4) is 0 Å². The van der Waals surface area contributed by atoms with Crippen molar-refractivity contribution in [3.05, 3.63) is 70.3 Å². The van der Waals surface area contributed by atoms with Crippen LogP contribution in [0.2, 0.25) is 0 Å². The van der Waals surface area contributed by atoms with Crippen LogP contribution in [0.1, 0.15) is 47.6 Å². The van der Waals surface area contributed by atoms with E-state index < -0.39 is 5.60 Å². The lowest BCUT2D eigenvalue weighted by Crippen LogP contribution is -2.32. The molecule has 0 spiro atoms. The van der Waals surface area contributed by atoms with Gasteiger partial charge in [0.1, 0.15) is 5.60 Å². The van der Waals surface area contributed by atoms with Crippen molar-refractivity contribution in [1.29, 1.82) is 0 Å². The number of rotatable bonds is 5. The first kappa shape index (κ1) is 19.2. The summed E-state index contributed by atoms with van der Waals surface area (Å²) >= 11 is 0. The van der Waals surface area contributed by atoms with E-state index in [9.17, 15) is 9.90 Å². The smallest absolute Gasteiger partial charge is 0.409 e. The quantitative estimate of drug-likeness (QED) is 0.843. The van der Waals surface area contributed by atoms with Crippen LogP contribution in [0.5, 0.6) is 0 Å². The lowest BCUT2D eigenvalue weighted by atomic mass is 9.79. The first-order valence-electron chi connectivity index (χ1n) is 9.45. The Morgan fingerprint density at radius 3 is 2.63 bits per heavy atom. The SMILES string of the molecule is CCOC(=O)N(C)CCCC1(O)c2ccccc2C=Cc2c(C)cccc21. The van der Waals surface area contributed by atoms with E-state index in [1.54, 1.807) is 18.9 Å². The van der Waals surface area contributed by atoms with Crippen LogP contribution in [0.4, 0.5) is 4.79 Å². The third-order valence-electron chi connectivity index (χ3n) is 5.22. The number of aryl methyl sites for hydroxylation is 1. The molecular weight excluding hydrogens is 338 g/mol. The molecule has 2 aromatic rings. The highest BCUT2D eigenvalue weighted by Gasteiger charge is 2.36. The first-order valence-corrected chi connectivity index (χ1v) is 9.45. The van der Waals surface area contributed by atoms with Crippen LogP contribution in [0.15, 0.2) is 42.5 Å². The Morgan fingerprint density at radius 2 is 1.85 bits per heavy atom. The third-order valence-corrected chi connectivity index (χ3v) is 5.22. The molecule has 0 aromatic heterocycles. The standard InChI is InChI=1S/C23H27NO3/c1-4-27-22(25)24(3)16-8-15-23(26)20-11-6-5-10-18(20)13-14-19-17(2)9-7-12-21(19)23/h5-7,9-14,26H,4,8,15-16H2,1-3H3. The Labute approximate surface area is 161 Å². The normalized spacial score (nSPS) is 17.6. The summed E-state index contributed by atoms with van der Waals surface area (Å²) in [7, 11) is 1.72. The zero-order valence-corrected chi connectivity index (χ0v) is 16.2. The first-order chi connectivity index (χ1) is 13.0. The molecule has 4 heteroatoms. The molecule has 0 fully saturated rings. The topological polar surface area (TPSA) is 49.8 Å². The van der Waals surface area contributed by atoms with Gasteiger partial charge in [-0.3, -0.25) is 0 Å². The van der Waals surface area contributed by atoms with E-state index in [4.69, 9.17) is 4.74 Å². The maximum Gasteiger partial charge on any atom is 0.409 e. The molecule has 1 unspecified atom stereocenters. The fourth-order valence-electron chi connectivity index (χ4n) is 3.77. The van der Waals surface area contributed by atoms with Crippen molar-refractivity contribution in [3.8, 4) is 0 Å². The zero-order chi connectivity index (χ0) is 19.4. The van der Waals surface area contributed by atoms with Gasteiger partial charge in [-0.2, -0.15) is 0 Å². The Kier molecular flexibility index (Phi) is 5.66. The molecule has 1 amide bonds. The summed E-state index contributed by atoms with van der Waals surface area (Å²) in [6.45, 7) is 4.74. The zero-order valence-electron chi connectivity index (χ0n) is 16.2. The van der Waals surface area contributed by atoms with Crippen molar-refractivity contribution < 1.29 is 14.6 Å². The van der Waals surface area contributed by atoms with E-state index >= 15 is 0 Å². The molecule has 3 rings (SSSR count). The fraction of sp³-hybridized carbons (Fsp3) is 0.348. The van der Waals surface area contributed by atoms with Crippen LogP contribution in [-0.4, -0.2) is 36.3 Å². The number of ether oxygens (including phenoxy) is 1. The van der Waals surface area contributed by atoms with Gasteiger partial charge >= 0.3 is 6.09 Å². The van der Waals surface area contributed by atoms with Gasteiger partial charge in [-0.15, -0.1) is 0 Å². The van der Waals surface area contributed by atoms with E-state index in [2.05, 4.69) is 25.1 Å². The van der Waals surface area contributed by atoms with Crippen LogP contribution in [-0.2, 0) is 10.3 Å². The molecule has 4 nitrogen and oxygen atoms in total. The van der Waals surface area contributed by atoms with Gasteiger partial charge < -0.3 is 14.7 Å². The Hall–Kier alpha value is -2.59. The van der Waals surface area contributed by atoms with Crippen molar-refractivity contribution in [1.82, 2.24) is 4.90 Å². The molecular formula is C23H27NO3. The van der Waals surface area contributed by atoms with Crippen LogP contribution in [0, 0.1) is 6.92 Å². The minimum absolute atomic E-state index is 0.330. The van der Waals surface area contributed by atoms with Crippen molar-refractivity contribution in [2.24, 2.45) is 0 Å². The number of nitrogens with zero attached hydrogens (tertiary/aromatic N) is 1. The molecule has 0 bridgehead atoms. The summed E-state index contributed by atoms with van der Waals surface area (Å²) < 4.78 is 5.03. The lowest BCUT2D eigenvalue weighted by Gasteiger charge is -2.32. The molecule has 1 aliphatic rings. The highest BCUT2D eigenvalue weighted by Crippen LogP contribution is 2.41. The summed E-state index contributed by atoms with van der Waals surface area (Å²) in [5, 5.41) is 11.9. The molecule has 1 atom stereocenters. The molecule has 2 aromatic carbocycles. The molecule has 0 saturated carbocycles. The molecule has 0 radical (unpaired) electrons. The summed E-state index contributed by atoms with van der Waals surface area (Å²) in [6.07, 6.45) is 5.01. The Balaban J connectivity index is 1.92. The van der Waals surface area contributed by atoms with Gasteiger partial charge in [0.2, 0.25) is 0 Å². The van der Waals surface area contributed by atoms with E-state index in [0.29, 0.717) is 26.0 Å². The average Bonchev–Trinajstić information content (AvgIpc) is 2.78. The number of fused-ring (bicyclic) bond motifs is 2. The van der Waals surface area contributed by atoms with Gasteiger partial charge in [-0.25, -0.2) is 4.79 Å². The van der Waals surface area contributed by atoms with Crippen molar-refractivity contribution in [3.63, 3.8) is 0 Å². The summed E-state index contributed by atoms with van der Waals surface area (Å²) in [5.74, 6) is 0. The minimum Gasteiger partial charge on any atom is -0.450 e. The second kappa shape index (κ2) is 7.97. The number of hydrogen-bond donors (Lipinski definition) is 1. The summed E-state index contributed by atoms with van der Waals surface area (Å²) in [6, 6.07) is 14.0. The van der Waals surface area contributed by atoms with Crippen molar-refractivity contribution in [2.75, 3.05) is 20.2 Å². The van der Waals surface area contributed by atoms with Crippen LogP contribution >= 0.6 is 0 Å². The maximum atomic E-state index is 11.9. The minimum atomic E-state index is -1.10. The summed E-state index contributed by atoms with van der Waals surface area (Å²) in [4.78, 5) is 13.4. The molecule has 142 valence electrons. The molecule has 0 saturated heterocycles. The number of benzene rings is 2. The average molecular weight is 365 g/mol. The molecule has 0 heterocycles. The van der Waals surface area contributed by atoms with Gasteiger partial charge in [-0.05, 0) is 54.5 Å². The van der Waals surface area contributed by atoms with Gasteiger partial charge in [-0.1, -0.05) is 54.6 Å². The van der Waals surface area contributed by atoms with Crippen LogP contribution < -0.4 is 0 Å².